The zero-order valence-electron chi connectivity index (χ0n) is 13.1. The standard InChI is InChI=1S/C17H15N3O3S2/c21-14(22)7-4-8-20-16(23)13(25-17(20)24)9-12-10-18-15(19-12)11-5-2-1-3-6-11/h1-3,5-6,9-10,23H,4,7-8H2,(H,21,22)/b12-9+. The van der Waals surface area contributed by atoms with Gasteiger partial charge in [0.05, 0.1) is 16.8 Å². The molecule has 1 aliphatic heterocycles. The minimum Gasteiger partial charge on any atom is -0.493 e. The first-order chi connectivity index (χ1) is 12.0. The van der Waals surface area contributed by atoms with E-state index in [0.717, 1.165) is 5.56 Å². The van der Waals surface area contributed by atoms with Crippen LogP contribution >= 0.6 is 23.6 Å². The second kappa shape index (κ2) is 7.54. The molecular formula is C17H15N3O3S2. The second-order valence-electron chi connectivity index (χ2n) is 5.33. The van der Waals surface area contributed by atoms with Crippen LogP contribution in [0.4, 0.5) is 0 Å². The summed E-state index contributed by atoms with van der Waals surface area (Å²) in [7, 11) is 0. The fraction of sp³-hybridized carbons (Fsp3) is 0.176. The summed E-state index contributed by atoms with van der Waals surface area (Å²) >= 11 is 6.51. The van der Waals surface area contributed by atoms with Gasteiger partial charge in [-0.05, 0) is 24.7 Å². The zero-order chi connectivity index (χ0) is 17.8. The Hall–Kier alpha value is -2.58. The van der Waals surface area contributed by atoms with Gasteiger partial charge in [0.1, 0.15) is 0 Å². The molecule has 0 atom stereocenters. The predicted molar refractivity (Wildman–Crippen MR) is 101 cm³/mol. The van der Waals surface area contributed by atoms with Crippen molar-refractivity contribution >= 4 is 47.7 Å². The molecular weight excluding hydrogens is 358 g/mol. The van der Waals surface area contributed by atoms with Crippen molar-refractivity contribution in [3.63, 3.8) is 0 Å². The van der Waals surface area contributed by atoms with Crippen LogP contribution in [0.25, 0.3) is 6.08 Å². The van der Waals surface area contributed by atoms with Gasteiger partial charge in [-0.3, -0.25) is 9.36 Å². The Morgan fingerprint density at radius 1 is 1.32 bits per heavy atom. The van der Waals surface area contributed by atoms with E-state index >= 15 is 0 Å². The summed E-state index contributed by atoms with van der Waals surface area (Å²) < 4.78 is 2.04. The molecule has 25 heavy (non-hydrogen) atoms. The summed E-state index contributed by atoms with van der Waals surface area (Å²) in [6.45, 7) is 0.364. The van der Waals surface area contributed by atoms with E-state index < -0.39 is 5.97 Å². The van der Waals surface area contributed by atoms with Crippen LogP contribution in [0.3, 0.4) is 0 Å². The number of hydrogen-bond donors (Lipinski definition) is 2. The lowest BCUT2D eigenvalue weighted by Gasteiger charge is -2.02. The van der Waals surface area contributed by atoms with Crippen molar-refractivity contribution < 1.29 is 15.0 Å². The monoisotopic (exact) mass is 373 g/mol. The number of carboxylic acid groups (broad SMARTS) is 1. The van der Waals surface area contributed by atoms with Crippen molar-refractivity contribution in [1.82, 2.24) is 4.57 Å². The first-order valence-electron chi connectivity index (χ1n) is 7.59. The van der Waals surface area contributed by atoms with E-state index in [0.29, 0.717) is 33.3 Å². The van der Waals surface area contributed by atoms with E-state index in [1.54, 1.807) is 16.9 Å². The normalized spacial score (nSPS) is 14.9. The van der Waals surface area contributed by atoms with Gasteiger partial charge in [-0.2, -0.15) is 0 Å². The molecule has 2 N–H and O–H groups in total. The number of allylic oxidation sites excluding steroid dienone is 1. The highest BCUT2D eigenvalue weighted by atomic mass is 32.1. The number of carboxylic acids is 1. The quantitative estimate of drug-likeness (QED) is 0.756. The van der Waals surface area contributed by atoms with Gasteiger partial charge in [0.25, 0.3) is 0 Å². The van der Waals surface area contributed by atoms with Crippen molar-refractivity contribution in [1.29, 1.82) is 0 Å². The van der Waals surface area contributed by atoms with Crippen LogP contribution in [-0.2, 0) is 11.3 Å². The lowest BCUT2D eigenvalue weighted by atomic mass is 10.2. The summed E-state index contributed by atoms with van der Waals surface area (Å²) in [4.78, 5) is 19.9. The third-order valence-electron chi connectivity index (χ3n) is 3.53. The lowest BCUT2D eigenvalue weighted by molar-refractivity contribution is -0.137. The fourth-order valence-corrected chi connectivity index (χ4v) is 3.64. The molecule has 1 aliphatic rings. The highest BCUT2D eigenvalue weighted by molar-refractivity contribution is 7.73. The van der Waals surface area contributed by atoms with E-state index in [-0.39, 0.29) is 12.3 Å². The van der Waals surface area contributed by atoms with Crippen molar-refractivity contribution in [3.05, 3.63) is 50.4 Å². The summed E-state index contributed by atoms with van der Waals surface area (Å²) in [5, 5.41) is 19.0. The van der Waals surface area contributed by atoms with Gasteiger partial charge in [-0.1, -0.05) is 30.3 Å². The molecule has 0 bridgehead atoms. The number of amidine groups is 1. The van der Waals surface area contributed by atoms with E-state index in [2.05, 4.69) is 9.98 Å². The van der Waals surface area contributed by atoms with Gasteiger partial charge in [0.15, 0.2) is 9.79 Å². The largest absolute Gasteiger partial charge is 0.493 e. The SMILES string of the molecule is O=C(O)CCCn1c(O)c(/C=C2\C=NC(c3ccccc3)=N2)sc1=S. The Morgan fingerprint density at radius 3 is 2.80 bits per heavy atom. The molecule has 0 radical (unpaired) electrons. The highest BCUT2D eigenvalue weighted by Crippen LogP contribution is 2.29. The summed E-state index contributed by atoms with van der Waals surface area (Å²) in [6, 6.07) is 9.63. The van der Waals surface area contributed by atoms with E-state index in [9.17, 15) is 9.90 Å². The average molecular weight is 373 g/mol. The number of aromatic hydroxyl groups is 1. The Bertz CT molecular complexity index is 940. The maximum atomic E-state index is 10.6. The molecule has 0 fully saturated rings. The molecule has 128 valence electrons. The Labute approximate surface area is 153 Å². The van der Waals surface area contributed by atoms with E-state index in [1.807, 2.05) is 30.3 Å². The third-order valence-corrected chi connectivity index (χ3v) is 4.92. The first-order valence-corrected chi connectivity index (χ1v) is 8.81. The summed E-state index contributed by atoms with van der Waals surface area (Å²) in [5.74, 6) is -0.214. The molecule has 0 unspecified atom stereocenters. The molecule has 1 aromatic carbocycles. The Kier molecular flexibility index (Phi) is 5.20. The number of hydrogen-bond acceptors (Lipinski definition) is 6. The molecule has 1 aromatic heterocycles. The van der Waals surface area contributed by atoms with Crippen molar-refractivity contribution in [2.45, 2.75) is 19.4 Å². The summed E-state index contributed by atoms with van der Waals surface area (Å²) in [5.41, 5.74) is 1.55. The van der Waals surface area contributed by atoms with Gasteiger partial charge in [-0.15, -0.1) is 11.3 Å². The van der Waals surface area contributed by atoms with Crippen LogP contribution in [0, 0.1) is 3.95 Å². The molecule has 2 aromatic rings. The maximum Gasteiger partial charge on any atom is 0.303 e. The molecule has 2 heterocycles. The lowest BCUT2D eigenvalue weighted by Crippen LogP contribution is -2.01. The molecule has 6 nitrogen and oxygen atoms in total. The Balaban J connectivity index is 1.81. The topological polar surface area (TPSA) is 87.2 Å². The molecule has 0 saturated carbocycles. The third kappa shape index (κ3) is 4.09. The Morgan fingerprint density at radius 2 is 2.08 bits per heavy atom. The average Bonchev–Trinajstić information content (AvgIpc) is 3.16. The fourth-order valence-electron chi connectivity index (χ4n) is 2.33. The number of thiazole rings is 1. The predicted octanol–water partition coefficient (Wildman–Crippen LogP) is 3.72. The highest BCUT2D eigenvalue weighted by Gasteiger charge is 2.13. The number of nitrogens with zero attached hydrogens (tertiary/aromatic N) is 3. The van der Waals surface area contributed by atoms with Gasteiger partial charge in [0, 0.05) is 18.5 Å². The number of rotatable bonds is 6. The van der Waals surface area contributed by atoms with Crippen LogP contribution in [-0.4, -0.2) is 32.8 Å². The molecule has 0 amide bonds. The number of aromatic nitrogens is 1. The first kappa shape index (κ1) is 17.2. The molecule has 0 saturated heterocycles. The second-order valence-corrected chi connectivity index (χ2v) is 7.01. The maximum absolute atomic E-state index is 10.6. The smallest absolute Gasteiger partial charge is 0.303 e. The molecule has 3 rings (SSSR count). The van der Waals surface area contributed by atoms with Crippen LogP contribution < -0.4 is 0 Å². The zero-order valence-corrected chi connectivity index (χ0v) is 14.8. The molecule has 0 aliphatic carbocycles. The van der Waals surface area contributed by atoms with E-state index in [1.165, 1.54) is 11.3 Å². The van der Waals surface area contributed by atoms with Crippen molar-refractivity contribution in [3.8, 4) is 5.88 Å². The summed E-state index contributed by atoms with van der Waals surface area (Å²) in [6.07, 6.45) is 3.80. The van der Waals surface area contributed by atoms with Crippen LogP contribution in [0.5, 0.6) is 5.88 Å². The molecule has 8 heteroatoms. The number of benzene rings is 1. The van der Waals surface area contributed by atoms with E-state index in [4.69, 9.17) is 17.3 Å². The number of aliphatic carboxylic acids is 1. The molecule has 0 spiro atoms. The van der Waals surface area contributed by atoms with Crippen LogP contribution in [0.1, 0.15) is 23.3 Å². The minimum atomic E-state index is -0.867. The van der Waals surface area contributed by atoms with Crippen LogP contribution in [0.15, 0.2) is 46.0 Å². The van der Waals surface area contributed by atoms with Gasteiger partial charge >= 0.3 is 5.97 Å². The van der Waals surface area contributed by atoms with Crippen molar-refractivity contribution in [2.24, 2.45) is 9.98 Å². The van der Waals surface area contributed by atoms with Crippen LogP contribution in [0.2, 0.25) is 0 Å². The van der Waals surface area contributed by atoms with Gasteiger partial charge < -0.3 is 10.2 Å². The van der Waals surface area contributed by atoms with Crippen molar-refractivity contribution in [2.75, 3.05) is 0 Å². The number of carbonyl (C=O) groups is 1. The van der Waals surface area contributed by atoms with Gasteiger partial charge in [-0.25, -0.2) is 9.98 Å². The minimum absolute atomic E-state index is 0.0321. The number of aliphatic imine (C=N–C) groups is 2. The van der Waals surface area contributed by atoms with Gasteiger partial charge in [0.2, 0.25) is 5.88 Å².